The van der Waals surface area contributed by atoms with Crippen molar-refractivity contribution in [2.75, 3.05) is 18.0 Å². The molecular formula is C18H18N6O. The van der Waals surface area contributed by atoms with Gasteiger partial charge < -0.3 is 14.8 Å². The van der Waals surface area contributed by atoms with E-state index in [1.165, 1.54) is 0 Å². The third-order valence-electron chi connectivity index (χ3n) is 5.23. The molecule has 0 unspecified atom stereocenters. The second-order valence-corrected chi connectivity index (χ2v) is 6.65. The molecule has 0 saturated carbocycles. The van der Waals surface area contributed by atoms with Crippen molar-refractivity contribution in [3.8, 4) is 0 Å². The zero-order valence-corrected chi connectivity index (χ0v) is 13.7. The highest BCUT2D eigenvalue weighted by Gasteiger charge is 2.43. The molecular weight excluding hydrogens is 316 g/mol. The topological polar surface area (TPSA) is 78.0 Å². The number of H-pyrrole nitrogens is 1. The fourth-order valence-corrected chi connectivity index (χ4v) is 4.14. The fourth-order valence-electron chi connectivity index (χ4n) is 4.14. The van der Waals surface area contributed by atoms with Crippen LogP contribution in [0.1, 0.15) is 23.3 Å². The molecule has 126 valence electrons. The molecule has 5 heterocycles. The maximum Gasteiger partial charge on any atom is 0.273 e. The van der Waals surface area contributed by atoms with Gasteiger partial charge in [0.05, 0.1) is 17.5 Å². The van der Waals surface area contributed by atoms with Gasteiger partial charge in [-0.05, 0) is 31.0 Å². The van der Waals surface area contributed by atoms with Gasteiger partial charge in [0.2, 0.25) is 0 Å². The summed E-state index contributed by atoms with van der Waals surface area (Å²) in [6.45, 7) is 1.60. The molecule has 7 heteroatoms. The minimum Gasteiger partial charge on any atom is -0.352 e. The predicted molar refractivity (Wildman–Crippen MR) is 93.3 cm³/mol. The SMILES string of the molecule is O=C(c1ccccn1)N1[C@@H]2CC[C@@H]1CN(c1ncnc3[nH]ccc13)C2. The number of nitrogens with zero attached hydrogens (tertiary/aromatic N) is 5. The fraction of sp³-hybridized carbons (Fsp3) is 0.333. The summed E-state index contributed by atoms with van der Waals surface area (Å²) < 4.78 is 0. The van der Waals surface area contributed by atoms with Crippen LogP contribution in [0.3, 0.4) is 0 Å². The molecule has 2 aliphatic heterocycles. The summed E-state index contributed by atoms with van der Waals surface area (Å²) in [5, 5.41) is 1.03. The number of nitrogens with one attached hydrogen (secondary N) is 1. The molecule has 5 rings (SSSR count). The van der Waals surface area contributed by atoms with E-state index in [0.29, 0.717) is 5.69 Å². The molecule has 0 aromatic carbocycles. The van der Waals surface area contributed by atoms with Gasteiger partial charge in [0.1, 0.15) is 23.5 Å². The molecule has 3 aromatic heterocycles. The smallest absolute Gasteiger partial charge is 0.273 e. The van der Waals surface area contributed by atoms with Crippen LogP contribution in [0.2, 0.25) is 0 Å². The van der Waals surface area contributed by atoms with Crippen LogP contribution in [0.15, 0.2) is 43.0 Å². The first-order chi connectivity index (χ1) is 12.3. The lowest BCUT2D eigenvalue weighted by Crippen LogP contribution is -2.56. The van der Waals surface area contributed by atoms with Gasteiger partial charge in [0.25, 0.3) is 5.91 Å². The third-order valence-corrected chi connectivity index (χ3v) is 5.23. The van der Waals surface area contributed by atoms with E-state index in [0.717, 1.165) is 42.8 Å². The lowest BCUT2D eigenvalue weighted by atomic mass is 10.1. The molecule has 2 aliphatic rings. The van der Waals surface area contributed by atoms with E-state index in [1.54, 1.807) is 18.6 Å². The summed E-state index contributed by atoms with van der Waals surface area (Å²) in [7, 11) is 0. The molecule has 3 aromatic rings. The Balaban J connectivity index is 1.44. The van der Waals surface area contributed by atoms with E-state index in [2.05, 4.69) is 24.8 Å². The van der Waals surface area contributed by atoms with Gasteiger partial charge in [0, 0.05) is 25.5 Å². The summed E-state index contributed by atoms with van der Waals surface area (Å²) in [5.41, 5.74) is 1.38. The normalized spacial score (nSPS) is 22.6. The van der Waals surface area contributed by atoms with Gasteiger partial charge in [-0.15, -0.1) is 0 Å². The van der Waals surface area contributed by atoms with Crippen LogP contribution in [0.4, 0.5) is 5.82 Å². The number of carbonyl (C=O) groups excluding carboxylic acids is 1. The number of hydrogen-bond donors (Lipinski definition) is 1. The Morgan fingerprint density at radius 1 is 1.08 bits per heavy atom. The molecule has 2 saturated heterocycles. The van der Waals surface area contributed by atoms with Crippen molar-refractivity contribution in [2.24, 2.45) is 0 Å². The average molecular weight is 334 g/mol. The highest BCUT2D eigenvalue weighted by Crippen LogP contribution is 2.34. The molecule has 25 heavy (non-hydrogen) atoms. The number of piperazine rings is 1. The van der Waals surface area contributed by atoms with Crippen LogP contribution in [0.25, 0.3) is 11.0 Å². The number of hydrogen-bond acceptors (Lipinski definition) is 5. The van der Waals surface area contributed by atoms with Gasteiger partial charge in [0.15, 0.2) is 0 Å². The van der Waals surface area contributed by atoms with Crippen molar-refractivity contribution < 1.29 is 4.79 Å². The molecule has 0 spiro atoms. The first-order valence-corrected chi connectivity index (χ1v) is 8.58. The maximum absolute atomic E-state index is 12.9. The van der Waals surface area contributed by atoms with Crippen molar-refractivity contribution in [1.82, 2.24) is 24.8 Å². The Morgan fingerprint density at radius 3 is 2.68 bits per heavy atom. The van der Waals surface area contributed by atoms with E-state index in [1.807, 2.05) is 29.3 Å². The quantitative estimate of drug-likeness (QED) is 0.774. The van der Waals surface area contributed by atoms with Crippen LogP contribution in [-0.2, 0) is 0 Å². The Hall–Kier alpha value is -2.96. The largest absolute Gasteiger partial charge is 0.352 e. The van der Waals surface area contributed by atoms with Crippen molar-refractivity contribution in [2.45, 2.75) is 24.9 Å². The second-order valence-electron chi connectivity index (χ2n) is 6.65. The molecule has 1 amide bonds. The lowest BCUT2D eigenvalue weighted by Gasteiger charge is -2.41. The summed E-state index contributed by atoms with van der Waals surface area (Å²) in [6, 6.07) is 7.91. The minimum absolute atomic E-state index is 0.0437. The Kier molecular flexibility index (Phi) is 3.19. The number of amides is 1. The highest BCUT2D eigenvalue weighted by molar-refractivity contribution is 5.93. The minimum atomic E-state index is 0.0437. The number of anilines is 1. The number of aromatic nitrogens is 4. The Labute approximate surface area is 144 Å². The summed E-state index contributed by atoms with van der Waals surface area (Å²) in [5.74, 6) is 0.996. The van der Waals surface area contributed by atoms with Crippen molar-refractivity contribution in [1.29, 1.82) is 0 Å². The van der Waals surface area contributed by atoms with Crippen molar-refractivity contribution >= 4 is 22.8 Å². The van der Waals surface area contributed by atoms with Crippen LogP contribution in [0, 0.1) is 0 Å². The zero-order valence-electron chi connectivity index (χ0n) is 13.7. The van der Waals surface area contributed by atoms with Crippen molar-refractivity contribution in [3.05, 3.63) is 48.7 Å². The zero-order chi connectivity index (χ0) is 16.8. The standard InChI is InChI=1S/C18H18N6O/c25-18(15-3-1-2-7-19-15)24-12-4-5-13(24)10-23(9-12)17-14-6-8-20-16(14)21-11-22-17/h1-3,6-8,11-13H,4-5,9-10H2,(H,20,21,22)/t12-,13-/m1/s1. The summed E-state index contributed by atoms with van der Waals surface area (Å²) in [4.78, 5) is 33.4. The van der Waals surface area contributed by atoms with Gasteiger partial charge in [-0.3, -0.25) is 9.78 Å². The molecule has 0 radical (unpaired) electrons. The molecule has 2 fully saturated rings. The van der Waals surface area contributed by atoms with Gasteiger partial charge >= 0.3 is 0 Å². The predicted octanol–water partition coefficient (Wildman–Crippen LogP) is 1.85. The Bertz CT molecular complexity index is 909. The lowest BCUT2D eigenvalue weighted by molar-refractivity contribution is 0.0635. The van der Waals surface area contributed by atoms with Crippen LogP contribution < -0.4 is 4.90 Å². The average Bonchev–Trinajstić information content (AvgIpc) is 3.23. The van der Waals surface area contributed by atoms with Gasteiger partial charge in [-0.25, -0.2) is 9.97 Å². The molecule has 2 bridgehead atoms. The van der Waals surface area contributed by atoms with Crippen LogP contribution >= 0.6 is 0 Å². The Morgan fingerprint density at radius 2 is 1.92 bits per heavy atom. The molecule has 2 atom stereocenters. The highest BCUT2D eigenvalue weighted by atomic mass is 16.2. The number of aromatic amines is 1. The number of rotatable bonds is 2. The van der Waals surface area contributed by atoms with Crippen molar-refractivity contribution in [3.63, 3.8) is 0 Å². The van der Waals surface area contributed by atoms with E-state index in [-0.39, 0.29) is 18.0 Å². The first-order valence-electron chi connectivity index (χ1n) is 8.58. The van der Waals surface area contributed by atoms with E-state index in [4.69, 9.17) is 0 Å². The molecule has 1 N–H and O–H groups in total. The molecule has 7 nitrogen and oxygen atoms in total. The first kappa shape index (κ1) is 14.4. The number of pyridine rings is 1. The van der Waals surface area contributed by atoms with E-state index < -0.39 is 0 Å². The van der Waals surface area contributed by atoms with E-state index in [9.17, 15) is 4.79 Å². The molecule has 0 aliphatic carbocycles. The second kappa shape index (κ2) is 5.54. The third kappa shape index (κ3) is 2.26. The van der Waals surface area contributed by atoms with Crippen LogP contribution in [-0.4, -0.2) is 55.9 Å². The monoisotopic (exact) mass is 334 g/mol. The van der Waals surface area contributed by atoms with Gasteiger partial charge in [-0.1, -0.05) is 6.07 Å². The summed E-state index contributed by atoms with van der Waals surface area (Å²) >= 11 is 0. The summed E-state index contributed by atoms with van der Waals surface area (Å²) in [6.07, 6.45) is 7.22. The van der Waals surface area contributed by atoms with Crippen LogP contribution in [0.5, 0.6) is 0 Å². The van der Waals surface area contributed by atoms with E-state index >= 15 is 0 Å². The number of carbonyl (C=O) groups is 1. The number of fused-ring (bicyclic) bond motifs is 3. The van der Waals surface area contributed by atoms with Gasteiger partial charge in [-0.2, -0.15) is 0 Å². The maximum atomic E-state index is 12.9.